The van der Waals surface area contributed by atoms with E-state index in [0.717, 1.165) is 31.7 Å². The van der Waals surface area contributed by atoms with E-state index in [2.05, 4.69) is 24.2 Å². The topological polar surface area (TPSA) is 16.1 Å². The first-order chi connectivity index (χ1) is 9.76. The second kappa shape index (κ2) is 7.83. The lowest BCUT2D eigenvalue weighted by Crippen LogP contribution is -2.16. The van der Waals surface area contributed by atoms with Crippen molar-refractivity contribution < 1.29 is 0 Å². The molecule has 0 aliphatic heterocycles. The van der Waals surface area contributed by atoms with Crippen molar-refractivity contribution in [3.8, 4) is 0 Å². The fourth-order valence-corrected chi connectivity index (χ4v) is 4.49. The van der Waals surface area contributed by atoms with E-state index in [4.69, 9.17) is 12.2 Å². The van der Waals surface area contributed by atoms with E-state index in [-0.39, 0.29) is 0 Å². The lowest BCUT2D eigenvalue weighted by Gasteiger charge is -2.19. The fourth-order valence-electron chi connectivity index (χ4n) is 1.44. The largest absolute Gasteiger partial charge is 0.244 e. The Morgan fingerprint density at radius 2 is 1.90 bits per heavy atom. The molecule has 0 radical (unpaired) electrons. The molecule has 0 saturated heterocycles. The zero-order chi connectivity index (χ0) is 14.4. The average molecular weight is 339 g/mol. The van der Waals surface area contributed by atoms with Crippen LogP contribution in [0.3, 0.4) is 0 Å². The molecule has 6 heteroatoms. The van der Waals surface area contributed by atoms with E-state index in [1.165, 1.54) is 0 Å². The van der Waals surface area contributed by atoms with Crippen LogP contribution in [-0.4, -0.2) is 25.2 Å². The predicted octanol–water partition coefficient (Wildman–Crippen LogP) is 4.94. The summed E-state index contributed by atoms with van der Waals surface area (Å²) in [5.41, 5.74) is 0.997. The van der Waals surface area contributed by atoms with E-state index < -0.39 is 0 Å². The summed E-state index contributed by atoms with van der Waals surface area (Å²) in [5.74, 6) is 1.63. The van der Waals surface area contributed by atoms with Gasteiger partial charge in [0.25, 0.3) is 0 Å². The van der Waals surface area contributed by atoms with Gasteiger partial charge in [0.2, 0.25) is 0 Å². The lowest BCUT2D eigenvalue weighted by molar-refractivity contribution is 1.15. The first kappa shape index (κ1) is 15.6. The highest BCUT2D eigenvalue weighted by Crippen LogP contribution is 2.29. The summed E-state index contributed by atoms with van der Waals surface area (Å²) >= 11 is 10.5. The summed E-state index contributed by atoms with van der Waals surface area (Å²) in [7, 11) is 0. The molecule has 1 aromatic heterocycles. The Hall–Kier alpha value is -0.820. The van der Waals surface area contributed by atoms with Gasteiger partial charge in [0.15, 0.2) is 10.00 Å². The average Bonchev–Trinajstić information content (AvgIpc) is 2.90. The molecular weight excluding hydrogens is 324 g/mol. The van der Waals surface area contributed by atoms with Crippen LogP contribution in [0.1, 0.15) is 5.01 Å². The third kappa shape index (κ3) is 3.85. The van der Waals surface area contributed by atoms with Gasteiger partial charge in [-0.1, -0.05) is 36.5 Å². The first-order valence-corrected chi connectivity index (χ1v) is 9.05. The monoisotopic (exact) mass is 338 g/mol. The van der Waals surface area contributed by atoms with Gasteiger partial charge in [-0.15, -0.1) is 24.5 Å². The molecule has 1 aromatic carbocycles. The number of para-hydroxylation sites is 1. The molecule has 0 fully saturated rings. The number of hydrogen-bond donors (Lipinski definition) is 0. The van der Waals surface area contributed by atoms with E-state index in [1.807, 2.05) is 34.1 Å². The number of rotatable bonds is 7. The van der Waals surface area contributed by atoms with Crippen molar-refractivity contribution in [2.24, 2.45) is 0 Å². The van der Waals surface area contributed by atoms with Gasteiger partial charge < -0.3 is 0 Å². The standard InChI is InChI=1S/C14H14N2S4/c1-3-9-18-16(19-10-4-2)14(17)13-15-11-7-5-6-8-12(11)20-13/h3-8H,1-2,9-10H2. The van der Waals surface area contributed by atoms with Crippen molar-refractivity contribution >= 4 is 62.7 Å². The van der Waals surface area contributed by atoms with Gasteiger partial charge in [-0.25, -0.2) is 8.69 Å². The lowest BCUT2D eigenvalue weighted by atomic mass is 10.3. The summed E-state index contributed by atoms with van der Waals surface area (Å²) in [6, 6.07) is 8.09. The van der Waals surface area contributed by atoms with Crippen LogP contribution in [-0.2, 0) is 0 Å². The van der Waals surface area contributed by atoms with Gasteiger partial charge in [0.05, 0.1) is 10.2 Å². The molecule has 2 nitrogen and oxygen atoms in total. The van der Waals surface area contributed by atoms with Crippen molar-refractivity contribution in [2.45, 2.75) is 0 Å². The van der Waals surface area contributed by atoms with Crippen LogP contribution >= 0.6 is 47.5 Å². The summed E-state index contributed by atoms with van der Waals surface area (Å²) in [4.78, 5) is 5.36. The highest BCUT2D eigenvalue weighted by molar-refractivity contribution is 8.13. The van der Waals surface area contributed by atoms with E-state index >= 15 is 0 Å². The zero-order valence-electron chi connectivity index (χ0n) is 10.8. The summed E-state index contributed by atoms with van der Waals surface area (Å²) in [6.45, 7) is 7.49. The third-order valence-electron chi connectivity index (χ3n) is 2.26. The molecule has 0 unspecified atom stereocenters. The van der Waals surface area contributed by atoms with Crippen molar-refractivity contribution in [1.29, 1.82) is 0 Å². The van der Waals surface area contributed by atoms with Crippen molar-refractivity contribution in [1.82, 2.24) is 8.69 Å². The second-order valence-corrected chi connectivity index (χ2v) is 7.28. The molecule has 0 aliphatic carbocycles. The number of hydrogen-bond acceptors (Lipinski definition) is 5. The minimum absolute atomic E-state index is 0.755. The van der Waals surface area contributed by atoms with Crippen molar-refractivity contribution in [2.75, 3.05) is 11.5 Å². The first-order valence-electron chi connectivity index (χ1n) is 5.94. The number of fused-ring (bicyclic) bond motifs is 1. The normalized spacial score (nSPS) is 10.4. The second-order valence-electron chi connectivity index (χ2n) is 3.72. The fraction of sp³-hybridized carbons (Fsp3) is 0.143. The van der Waals surface area contributed by atoms with Crippen LogP contribution in [0.4, 0.5) is 0 Å². The van der Waals surface area contributed by atoms with Gasteiger partial charge in [0, 0.05) is 11.5 Å². The van der Waals surface area contributed by atoms with Gasteiger partial charge in [-0.3, -0.25) is 0 Å². The van der Waals surface area contributed by atoms with Crippen LogP contribution in [0.2, 0.25) is 0 Å². The quantitative estimate of drug-likeness (QED) is 0.402. The van der Waals surface area contributed by atoms with Gasteiger partial charge in [0.1, 0.15) is 0 Å². The minimum Gasteiger partial charge on any atom is -0.244 e. The van der Waals surface area contributed by atoms with E-state index in [9.17, 15) is 0 Å². The Balaban J connectivity index is 2.20. The molecule has 0 saturated carbocycles. The maximum Gasteiger partial charge on any atom is 0.158 e. The molecule has 0 bridgehead atoms. The minimum atomic E-state index is 0.755. The Morgan fingerprint density at radius 3 is 2.50 bits per heavy atom. The Labute approximate surface area is 137 Å². The predicted molar refractivity (Wildman–Crippen MR) is 98.5 cm³/mol. The van der Waals surface area contributed by atoms with Crippen LogP contribution in [0.25, 0.3) is 10.2 Å². The SMILES string of the molecule is C=CCSN(SCC=C)C(=S)c1nc2ccccc2s1. The highest BCUT2D eigenvalue weighted by atomic mass is 32.2. The highest BCUT2D eigenvalue weighted by Gasteiger charge is 2.16. The molecule has 2 aromatic rings. The van der Waals surface area contributed by atoms with Crippen LogP contribution in [0, 0.1) is 0 Å². The molecule has 0 N–H and O–H groups in total. The maximum absolute atomic E-state index is 5.57. The Morgan fingerprint density at radius 1 is 1.25 bits per heavy atom. The third-order valence-corrected chi connectivity index (χ3v) is 6.28. The maximum atomic E-state index is 5.57. The van der Waals surface area contributed by atoms with Gasteiger partial charge in [-0.2, -0.15) is 0 Å². The van der Waals surface area contributed by atoms with Crippen molar-refractivity contribution in [3.63, 3.8) is 0 Å². The number of aromatic nitrogens is 1. The number of nitrogens with zero attached hydrogens (tertiary/aromatic N) is 2. The summed E-state index contributed by atoms with van der Waals surface area (Å²) in [6.07, 6.45) is 3.74. The molecule has 0 atom stereocenters. The van der Waals surface area contributed by atoms with Crippen LogP contribution in [0.15, 0.2) is 49.6 Å². The zero-order valence-corrected chi connectivity index (χ0v) is 14.1. The van der Waals surface area contributed by atoms with Gasteiger partial charge >= 0.3 is 0 Å². The number of benzene rings is 1. The van der Waals surface area contributed by atoms with Crippen LogP contribution < -0.4 is 0 Å². The number of thiocarbonyl (C=S) groups is 1. The van der Waals surface area contributed by atoms with E-state index in [1.54, 1.807) is 35.2 Å². The Kier molecular flexibility index (Phi) is 6.09. The summed E-state index contributed by atoms with van der Waals surface area (Å²) in [5, 5.41) is 0.884. The van der Waals surface area contributed by atoms with Crippen molar-refractivity contribution in [3.05, 3.63) is 54.6 Å². The van der Waals surface area contributed by atoms with Gasteiger partial charge in [-0.05, 0) is 36.0 Å². The molecule has 0 amide bonds. The Bertz CT molecular complexity index is 575. The van der Waals surface area contributed by atoms with Crippen LogP contribution in [0.5, 0.6) is 0 Å². The number of thiazole rings is 1. The molecule has 104 valence electrons. The summed E-state index contributed by atoms with van der Waals surface area (Å²) < 4.78 is 3.18. The molecular formula is C14H14N2S4. The molecule has 2 rings (SSSR count). The molecule has 1 heterocycles. The molecule has 0 aliphatic rings. The molecule has 0 spiro atoms. The van der Waals surface area contributed by atoms with E-state index in [0.29, 0.717) is 0 Å². The smallest absolute Gasteiger partial charge is 0.158 e. The molecule has 20 heavy (non-hydrogen) atoms.